The SMILES string of the molecule is c1ccc(-c2ccc3cc(N(c4ccc(-c5ccc6sc(-c7ccccc7)nc6c5)cc4)c4ccc(-c5ccc6nc(-c7ccccc7)sc6c5)cc4)ccc3c2)cc1. The Balaban J connectivity index is 0.946. The molecule has 0 atom stereocenters. The van der Waals surface area contributed by atoms with Gasteiger partial charge in [-0.2, -0.15) is 0 Å². The standard InChI is InChI=1S/C54H35N3S2/c1-4-10-36(11-5-1)41-16-17-43-33-48(29-22-42(43)32-41)57(46-25-18-37(19-26-46)44-24-31-51-50(34-44)56-54(58-51)40-14-8-3-9-15-40)47-27-20-38(21-28-47)45-23-30-49-52(35-45)59-53(55-49)39-12-6-2-7-13-39/h1-35H. The van der Waals surface area contributed by atoms with Gasteiger partial charge in [-0.05, 0) is 111 Å². The summed E-state index contributed by atoms with van der Waals surface area (Å²) in [5.74, 6) is 0. The molecule has 0 bridgehead atoms. The first-order valence-electron chi connectivity index (χ1n) is 19.7. The Morgan fingerprint density at radius 3 is 1.37 bits per heavy atom. The highest BCUT2D eigenvalue weighted by Crippen LogP contribution is 2.40. The molecule has 9 aromatic carbocycles. The Morgan fingerprint density at radius 1 is 0.288 bits per heavy atom. The van der Waals surface area contributed by atoms with Crippen LogP contribution in [0.5, 0.6) is 0 Å². The predicted octanol–water partition coefficient (Wildman–Crippen LogP) is 15.9. The lowest BCUT2D eigenvalue weighted by Gasteiger charge is -2.26. The second-order valence-electron chi connectivity index (χ2n) is 14.7. The molecule has 0 spiro atoms. The van der Waals surface area contributed by atoms with Crippen LogP contribution in [-0.2, 0) is 0 Å². The van der Waals surface area contributed by atoms with Crippen molar-refractivity contribution >= 4 is 70.9 Å². The van der Waals surface area contributed by atoms with Gasteiger partial charge >= 0.3 is 0 Å². The molecule has 3 nitrogen and oxygen atoms in total. The van der Waals surface area contributed by atoms with E-state index in [1.54, 1.807) is 22.7 Å². The Hall–Kier alpha value is -7.18. The third-order valence-electron chi connectivity index (χ3n) is 10.9. The number of nitrogens with zero attached hydrogens (tertiary/aromatic N) is 3. The minimum absolute atomic E-state index is 1.02. The van der Waals surface area contributed by atoms with E-state index in [9.17, 15) is 0 Å². The van der Waals surface area contributed by atoms with E-state index in [4.69, 9.17) is 9.97 Å². The Labute approximate surface area is 350 Å². The zero-order chi connectivity index (χ0) is 39.1. The fourth-order valence-corrected chi connectivity index (χ4v) is 9.82. The lowest BCUT2D eigenvalue weighted by Crippen LogP contribution is -2.09. The highest BCUT2D eigenvalue weighted by atomic mass is 32.1. The van der Waals surface area contributed by atoms with Crippen LogP contribution in [0, 0.1) is 0 Å². The summed E-state index contributed by atoms with van der Waals surface area (Å²) in [6.07, 6.45) is 0. The topological polar surface area (TPSA) is 29.0 Å². The molecule has 0 saturated heterocycles. The predicted molar refractivity (Wildman–Crippen MR) is 252 cm³/mol. The summed E-state index contributed by atoms with van der Waals surface area (Å²) < 4.78 is 2.37. The average Bonchev–Trinajstić information content (AvgIpc) is 3.95. The first kappa shape index (κ1) is 35.0. The van der Waals surface area contributed by atoms with Crippen LogP contribution < -0.4 is 4.90 Å². The maximum Gasteiger partial charge on any atom is 0.124 e. The molecule has 59 heavy (non-hydrogen) atoms. The molecule has 0 radical (unpaired) electrons. The maximum atomic E-state index is 5.01. The molecule has 11 rings (SSSR count). The van der Waals surface area contributed by atoms with Gasteiger partial charge in [0.25, 0.3) is 0 Å². The van der Waals surface area contributed by atoms with Crippen molar-refractivity contribution in [1.82, 2.24) is 9.97 Å². The van der Waals surface area contributed by atoms with Crippen LogP contribution in [0.1, 0.15) is 0 Å². The van der Waals surface area contributed by atoms with Gasteiger partial charge in [0.2, 0.25) is 0 Å². The summed E-state index contributed by atoms with van der Waals surface area (Å²) in [5.41, 5.74) is 14.7. The number of hydrogen-bond acceptors (Lipinski definition) is 5. The molecule has 0 N–H and O–H groups in total. The van der Waals surface area contributed by atoms with Gasteiger partial charge in [-0.25, -0.2) is 9.97 Å². The first-order valence-corrected chi connectivity index (χ1v) is 21.3. The number of rotatable bonds is 8. The third-order valence-corrected chi connectivity index (χ3v) is 13.1. The summed E-state index contributed by atoms with van der Waals surface area (Å²) in [7, 11) is 0. The van der Waals surface area contributed by atoms with Crippen LogP contribution in [0.15, 0.2) is 212 Å². The van der Waals surface area contributed by atoms with Gasteiger partial charge in [-0.1, -0.05) is 146 Å². The molecule has 0 saturated carbocycles. The second-order valence-corrected chi connectivity index (χ2v) is 16.7. The van der Waals surface area contributed by atoms with Gasteiger partial charge in [0.15, 0.2) is 0 Å². The van der Waals surface area contributed by atoms with Crippen LogP contribution in [0.25, 0.3) is 85.7 Å². The minimum Gasteiger partial charge on any atom is -0.310 e. The van der Waals surface area contributed by atoms with Crippen molar-refractivity contribution in [3.63, 3.8) is 0 Å². The molecular formula is C54H35N3S2. The van der Waals surface area contributed by atoms with Crippen molar-refractivity contribution in [2.24, 2.45) is 0 Å². The maximum absolute atomic E-state index is 5.01. The van der Waals surface area contributed by atoms with Crippen molar-refractivity contribution in [2.45, 2.75) is 0 Å². The largest absolute Gasteiger partial charge is 0.310 e. The van der Waals surface area contributed by atoms with Crippen molar-refractivity contribution in [1.29, 1.82) is 0 Å². The summed E-state index contributed by atoms with van der Waals surface area (Å²) in [4.78, 5) is 12.3. The highest BCUT2D eigenvalue weighted by molar-refractivity contribution is 7.22. The lowest BCUT2D eigenvalue weighted by molar-refractivity contribution is 1.29. The van der Waals surface area contributed by atoms with Gasteiger partial charge in [0, 0.05) is 28.2 Å². The van der Waals surface area contributed by atoms with Gasteiger partial charge in [-0.3, -0.25) is 0 Å². The third kappa shape index (κ3) is 6.87. The van der Waals surface area contributed by atoms with Crippen LogP contribution in [0.4, 0.5) is 17.1 Å². The summed E-state index contributed by atoms with van der Waals surface area (Å²) >= 11 is 3.48. The van der Waals surface area contributed by atoms with Crippen molar-refractivity contribution < 1.29 is 0 Å². The number of aromatic nitrogens is 2. The molecule has 0 fully saturated rings. The summed E-state index contributed by atoms with van der Waals surface area (Å²) in [6, 6.07) is 76.0. The highest BCUT2D eigenvalue weighted by Gasteiger charge is 2.16. The molecule has 0 aliphatic rings. The van der Waals surface area contributed by atoms with E-state index in [0.717, 1.165) is 60.4 Å². The van der Waals surface area contributed by atoms with E-state index in [2.05, 4.69) is 205 Å². The van der Waals surface area contributed by atoms with Gasteiger partial charge in [0.1, 0.15) is 10.0 Å². The van der Waals surface area contributed by atoms with Gasteiger partial charge in [0.05, 0.1) is 20.4 Å². The van der Waals surface area contributed by atoms with E-state index >= 15 is 0 Å². The van der Waals surface area contributed by atoms with Crippen LogP contribution in [-0.4, -0.2) is 9.97 Å². The zero-order valence-corrected chi connectivity index (χ0v) is 33.5. The molecule has 11 aromatic rings. The number of hydrogen-bond donors (Lipinski definition) is 0. The van der Waals surface area contributed by atoms with Gasteiger partial charge in [-0.15, -0.1) is 22.7 Å². The zero-order valence-electron chi connectivity index (χ0n) is 31.9. The second kappa shape index (κ2) is 15.0. The van der Waals surface area contributed by atoms with E-state index in [1.165, 1.54) is 42.4 Å². The number of benzene rings is 9. The van der Waals surface area contributed by atoms with Crippen molar-refractivity contribution in [3.05, 3.63) is 212 Å². The fourth-order valence-electron chi connectivity index (χ4n) is 7.86. The number of fused-ring (bicyclic) bond motifs is 3. The average molecular weight is 790 g/mol. The molecule has 2 heterocycles. The monoisotopic (exact) mass is 789 g/mol. The van der Waals surface area contributed by atoms with Crippen LogP contribution in [0.2, 0.25) is 0 Å². The Bertz CT molecular complexity index is 3080. The van der Waals surface area contributed by atoms with Crippen molar-refractivity contribution in [2.75, 3.05) is 4.90 Å². The molecule has 2 aromatic heterocycles. The van der Waals surface area contributed by atoms with Crippen LogP contribution >= 0.6 is 22.7 Å². The molecular weight excluding hydrogens is 755 g/mol. The first-order chi connectivity index (χ1) is 29.2. The molecule has 0 aliphatic heterocycles. The summed E-state index contributed by atoms with van der Waals surface area (Å²) in [5, 5.41) is 4.49. The Kier molecular flexibility index (Phi) is 8.88. The normalized spacial score (nSPS) is 11.4. The van der Waals surface area contributed by atoms with Crippen LogP contribution in [0.3, 0.4) is 0 Å². The van der Waals surface area contributed by atoms with E-state index in [-0.39, 0.29) is 0 Å². The number of thiazole rings is 2. The van der Waals surface area contributed by atoms with E-state index in [1.807, 2.05) is 12.1 Å². The molecule has 278 valence electrons. The van der Waals surface area contributed by atoms with Crippen molar-refractivity contribution in [3.8, 4) is 54.5 Å². The molecule has 5 heteroatoms. The smallest absolute Gasteiger partial charge is 0.124 e. The van der Waals surface area contributed by atoms with E-state index < -0.39 is 0 Å². The quantitative estimate of drug-likeness (QED) is 0.154. The lowest BCUT2D eigenvalue weighted by atomic mass is 10.00. The molecule has 0 amide bonds. The minimum atomic E-state index is 1.02. The molecule has 0 unspecified atom stereocenters. The van der Waals surface area contributed by atoms with Gasteiger partial charge < -0.3 is 4.90 Å². The van der Waals surface area contributed by atoms with E-state index in [0.29, 0.717) is 0 Å². The summed E-state index contributed by atoms with van der Waals surface area (Å²) in [6.45, 7) is 0. The Morgan fingerprint density at radius 2 is 0.729 bits per heavy atom. The number of anilines is 3. The fraction of sp³-hybridized carbons (Fsp3) is 0. The molecule has 0 aliphatic carbocycles.